The van der Waals surface area contributed by atoms with Crippen molar-refractivity contribution in [3.05, 3.63) is 68.4 Å². The van der Waals surface area contributed by atoms with Gasteiger partial charge in [-0.05, 0) is 17.0 Å². The summed E-state index contributed by atoms with van der Waals surface area (Å²) < 4.78 is 0. The van der Waals surface area contributed by atoms with Gasteiger partial charge in [0.2, 0.25) is 6.04 Å². The van der Waals surface area contributed by atoms with Crippen molar-refractivity contribution in [2.45, 2.75) is 31.2 Å². The van der Waals surface area contributed by atoms with E-state index in [4.69, 9.17) is 0 Å². The molecule has 0 N–H and O–H groups in total. The maximum atomic E-state index is 12.4. The first-order valence-electron chi connectivity index (χ1n) is 7.34. The van der Waals surface area contributed by atoms with Crippen LogP contribution < -0.4 is 0 Å². The molecule has 1 aromatic heterocycles. The zero-order valence-corrected chi connectivity index (χ0v) is 13.0. The Bertz CT molecular complexity index is 668. The Kier molecular flexibility index (Phi) is 4.07. The summed E-state index contributed by atoms with van der Waals surface area (Å²) in [5, 5.41) is 13.7. The van der Waals surface area contributed by atoms with Gasteiger partial charge < -0.3 is 0 Å². The molecule has 4 atom stereocenters. The summed E-state index contributed by atoms with van der Waals surface area (Å²) >= 11 is 1.49. The Balaban J connectivity index is 2.07. The molecule has 1 fully saturated rings. The van der Waals surface area contributed by atoms with Gasteiger partial charge >= 0.3 is 0 Å². The smallest absolute Gasteiger partial charge is 0.228 e. The van der Waals surface area contributed by atoms with Gasteiger partial charge in [0.05, 0.1) is 11.8 Å². The number of thiophene rings is 1. The number of nitrogens with zero attached hydrogens (tertiary/aromatic N) is 1. The van der Waals surface area contributed by atoms with Crippen molar-refractivity contribution in [1.29, 1.82) is 0 Å². The summed E-state index contributed by atoms with van der Waals surface area (Å²) in [4.78, 5) is 25.0. The summed E-state index contributed by atoms with van der Waals surface area (Å²) in [7, 11) is 0. The van der Waals surface area contributed by atoms with Crippen molar-refractivity contribution < 1.29 is 9.72 Å². The van der Waals surface area contributed by atoms with Crippen LogP contribution in [0.2, 0.25) is 0 Å². The lowest BCUT2D eigenvalue weighted by Gasteiger charge is -2.35. The van der Waals surface area contributed by atoms with Gasteiger partial charge in [-0.2, -0.15) is 0 Å². The Labute approximate surface area is 132 Å². The molecule has 1 aliphatic carbocycles. The van der Waals surface area contributed by atoms with Gasteiger partial charge in [-0.15, -0.1) is 11.3 Å². The highest BCUT2D eigenvalue weighted by atomic mass is 32.1. The quantitative estimate of drug-likeness (QED) is 0.638. The molecule has 22 heavy (non-hydrogen) atoms. The second-order valence-corrected chi connectivity index (χ2v) is 6.77. The largest absolute Gasteiger partial charge is 0.299 e. The van der Waals surface area contributed by atoms with E-state index in [9.17, 15) is 14.9 Å². The van der Waals surface area contributed by atoms with Crippen LogP contribution in [0.4, 0.5) is 0 Å². The molecule has 1 aliphatic rings. The molecule has 1 aromatic carbocycles. The topological polar surface area (TPSA) is 60.2 Å². The minimum absolute atomic E-state index is 0.116. The van der Waals surface area contributed by atoms with Crippen molar-refractivity contribution in [3.63, 3.8) is 0 Å². The minimum Gasteiger partial charge on any atom is -0.299 e. The van der Waals surface area contributed by atoms with Crippen LogP contribution in [0.15, 0.2) is 47.8 Å². The van der Waals surface area contributed by atoms with Gasteiger partial charge in [-0.3, -0.25) is 14.9 Å². The summed E-state index contributed by atoms with van der Waals surface area (Å²) in [6, 6.07) is 12.4. The number of Topliss-reactive ketones (excluding diaryl/α,β-unsaturated/α-hetero) is 1. The highest BCUT2D eigenvalue weighted by Crippen LogP contribution is 2.45. The molecule has 0 amide bonds. The average molecular weight is 315 g/mol. The number of nitro groups is 1. The Morgan fingerprint density at radius 3 is 2.50 bits per heavy atom. The van der Waals surface area contributed by atoms with Gasteiger partial charge in [0.25, 0.3) is 0 Å². The van der Waals surface area contributed by atoms with E-state index < -0.39 is 6.04 Å². The SMILES string of the molecule is C[C@H]1C(=O)C[C@@H](c2cccs2)[C@@H]([N+](=O)[O-])[C@@H]1c1ccccc1. The van der Waals surface area contributed by atoms with Crippen LogP contribution in [0.25, 0.3) is 0 Å². The molecule has 0 unspecified atom stereocenters. The fraction of sp³-hybridized carbons (Fsp3) is 0.353. The van der Waals surface area contributed by atoms with Gasteiger partial charge in [-0.1, -0.05) is 43.3 Å². The van der Waals surface area contributed by atoms with Gasteiger partial charge in [-0.25, -0.2) is 0 Å². The van der Waals surface area contributed by atoms with Crippen molar-refractivity contribution >= 4 is 17.1 Å². The third-order valence-electron chi connectivity index (χ3n) is 4.58. The lowest BCUT2D eigenvalue weighted by atomic mass is 9.67. The first kappa shape index (κ1) is 14.9. The molecule has 2 aromatic rings. The number of hydrogen-bond donors (Lipinski definition) is 0. The van der Waals surface area contributed by atoms with Crippen LogP contribution in [-0.2, 0) is 4.79 Å². The van der Waals surface area contributed by atoms with E-state index in [-0.39, 0.29) is 34.9 Å². The molecular weight excluding hydrogens is 298 g/mol. The molecule has 4 nitrogen and oxygen atoms in total. The highest BCUT2D eigenvalue weighted by Gasteiger charge is 2.50. The summed E-state index contributed by atoms with van der Waals surface area (Å²) in [5.74, 6) is -0.909. The molecule has 0 spiro atoms. The maximum Gasteiger partial charge on any atom is 0.228 e. The molecule has 114 valence electrons. The van der Waals surface area contributed by atoms with Crippen LogP contribution in [0.3, 0.4) is 0 Å². The number of hydrogen-bond acceptors (Lipinski definition) is 4. The second kappa shape index (κ2) is 6.01. The summed E-state index contributed by atoms with van der Waals surface area (Å²) in [6.07, 6.45) is 0.261. The van der Waals surface area contributed by atoms with Crippen molar-refractivity contribution in [2.24, 2.45) is 5.92 Å². The maximum absolute atomic E-state index is 12.4. The van der Waals surface area contributed by atoms with E-state index in [0.717, 1.165) is 10.4 Å². The number of benzene rings is 1. The Morgan fingerprint density at radius 1 is 1.18 bits per heavy atom. The predicted molar refractivity (Wildman–Crippen MR) is 85.8 cm³/mol. The van der Waals surface area contributed by atoms with E-state index in [1.54, 1.807) is 0 Å². The molecular formula is C17H17NO3S. The minimum atomic E-state index is -0.756. The lowest BCUT2D eigenvalue weighted by Crippen LogP contribution is -2.44. The zero-order valence-electron chi connectivity index (χ0n) is 12.2. The number of ketones is 1. The third kappa shape index (κ3) is 2.57. The fourth-order valence-electron chi connectivity index (χ4n) is 3.48. The number of carbonyl (C=O) groups excluding carboxylic acids is 1. The standard InChI is InChI=1S/C17H17NO3S/c1-11-14(19)10-13(15-8-5-9-22-15)17(18(20)21)16(11)12-6-3-2-4-7-12/h2-9,11,13,16-17H,10H2,1H3/t11-,13-,16-,17+/m0/s1. The van der Waals surface area contributed by atoms with Gasteiger partial charge in [0.15, 0.2) is 0 Å². The average Bonchev–Trinajstić information content (AvgIpc) is 3.04. The zero-order chi connectivity index (χ0) is 15.7. The molecule has 3 rings (SSSR count). The third-order valence-corrected chi connectivity index (χ3v) is 5.59. The van der Waals surface area contributed by atoms with Crippen LogP contribution >= 0.6 is 11.3 Å². The molecule has 5 heteroatoms. The van der Waals surface area contributed by atoms with Crippen LogP contribution in [0.5, 0.6) is 0 Å². The summed E-state index contributed by atoms with van der Waals surface area (Å²) in [5.41, 5.74) is 0.881. The number of rotatable bonds is 3. The van der Waals surface area contributed by atoms with E-state index in [1.807, 2.05) is 54.8 Å². The molecule has 1 heterocycles. The predicted octanol–water partition coefficient (Wildman–Crippen LogP) is 3.87. The van der Waals surface area contributed by atoms with Gasteiger partial charge in [0.1, 0.15) is 5.78 Å². The monoisotopic (exact) mass is 315 g/mol. The Morgan fingerprint density at radius 2 is 1.91 bits per heavy atom. The number of carbonyl (C=O) groups is 1. The van der Waals surface area contributed by atoms with Crippen molar-refractivity contribution in [2.75, 3.05) is 0 Å². The normalized spacial score (nSPS) is 28.5. The van der Waals surface area contributed by atoms with Crippen molar-refractivity contribution in [1.82, 2.24) is 0 Å². The molecule has 0 aliphatic heterocycles. The van der Waals surface area contributed by atoms with Crippen LogP contribution in [0, 0.1) is 16.0 Å². The van der Waals surface area contributed by atoms with E-state index in [1.165, 1.54) is 11.3 Å². The molecule has 0 saturated heterocycles. The first-order chi connectivity index (χ1) is 10.6. The molecule has 0 bridgehead atoms. The Hall–Kier alpha value is -2.01. The summed E-state index contributed by atoms with van der Waals surface area (Å²) in [6.45, 7) is 1.82. The van der Waals surface area contributed by atoms with Crippen molar-refractivity contribution in [3.8, 4) is 0 Å². The molecule has 1 saturated carbocycles. The fourth-order valence-corrected chi connectivity index (χ4v) is 4.35. The van der Waals surface area contributed by atoms with Crippen LogP contribution in [0.1, 0.15) is 35.6 Å². The van der Waals surface area contributed by atoms with E-state index >= 15 is 0 Å². The first-order valence-corrected chi connectivity index (χ1v) is 8.22. The van der Waals surface area contributed by atoms with Gasteiger partial charge in [0, 0.05) is 22.1 Å². The van der Waals surface area contributed by atoms with E-state index in [2.05, 4.69) is 0 Å². The lowest BCUT2D eigenvalue weighted by molar-refractivity contribution is -0.533. The van der Waals surface area contributed by atoms with E-state index in [0.29, 0.717) is 0 Å². The van der Waals surface area contributed by atoms with Crippen LogP contribution in [-0.4, -0.2) is 16.7 Å². The second-order valence-electron chi connectivity index (χ2n) is 5.79. The highest BCUT2D eigenvalue weighted by molar-refractivity contribution is 7.10. The molecule has 0 radical (unpaired) electrons.